The molecule has 2 fully saturated rings. The Morgan fingerprint density at radius 3 is 2.88 bits per heavy atom. The first-order valence-electron chi connectivity index (χ1n) is 6.29. The van der Waals surface area contributed by atoms with Crippen LogP contribution in [0.3, 0.4) is 0 Å². The molecule has 2 saturated heterocycles. The summed E-state index contributed by atoms with van der Waals surface area (Å²) in [5.74, 6) is 0. The third kappa shape index (κ3) is 3.33. The van der Waals surface area contributed by atoms with Gasteiger partial charge in [0.2, 0.25) is 0 Å². The van der Waals surface area contributed by atoms with Crippen LogP contribution in [-0.2, 0) is 4.74 Å². The van der Waals surface area contributed by atoms with Gasteiger partial charge in [-0.05, 0) is 24.8 Å². The van der Waals surface area contributed by atoms with E-state index in [0.717, 1.165) is 45.3 Å². The van der Waals surface area contributed by atoms with Gasteiger partial charge < -0.3 is 14.7 Å². The maximum absolute atomic E-state index is 9.72. The number of piperidine rings is 1. The number of likely N-dealkylation sites (tertiary alicyclic amines) is 1. The van der Waals surface area contributed by atoms with E-state index in [-0.39, 0.29) is 11.7 Å². The van der Waals surface area contributed by atoms with Gasteiger partial charge in [-0.1, -0.05) is 5.11 Å². The minimum absolute atomic E-state index is 0.0906. The maximum Gasteiger partial charge on any atom is 0.0731 e. The van der Waals surface area contributed by atoms with Crippen LogP contribution < -0.4 is 0 Å². The Kier molecular flexibility index (Phi) is 4.23. The number of hydrogen-bond donors (Lipinski definition) is 1. The summed E-state index contributed by atoms with van der Waals surface area (Å²) >= 11 is 0. The summed E-state index contributed by atoms with van der Waals surface area (Å²) in [6, 6.07) is 0. The van der Waals surface area contributed by atoms with Crippen molar-refractivity contribution in [2.75, 3.05) is 32.8 Å². The van der Waals surface area contributed by atoms with Gasteiger partial charge in [0, 0.05) is 44.1 Å². The van der Waals surface area contributed by atoms with E-state index >= 15 is 0 Å². The lowest BCUT2D eigenvalue weighted by Gasteiger charge is -2.45. The quantitative estimate of drug-likeness (QED) is 0.458. The van der Waals surface area contributed by atoms with Crippen LogP contribution >= 0.6 is 0 Å². The lowest BCUT2D eigenvalue weighted by Crippen LogP contribution is -2.50. The molecule has 0 saturated carbocycles. The van der Waals surface area contributed by atoms with E-state index in [0.29, 0.717) is 13.2 Å². The predicted molar refractivity (Wildman–Crippen MR) is 63.6 cm³/mol. The number of nitrogens with zero attached hydrogens (tertiary/aromatic N) is 4. The normalized spacial score (nSPS) is 28.9. The van der Waals surface area contributed by atoms with Gasteiger partial charge in [-0.2, -0.15) is 0 Å². The maximum atomic E-state index is 9.72. The Balaban J connectivity index is 1.78. The van der Waals surface area contributed by atoms with E-state index in [1.54, 1.807) is 0 Å². The van der Waals surface area contributed by atoms with Gasteiger partial charge in [-0.25, -0.2) is 0 Å². The van der Waals surface area contributed by atoms with Gasteiger partial charge in [-0.15, -0.1) is 0 Å². The Morgan fingerprint density at radius 1 is 1.47 bits per heavy atom. The molecule has 1 atom stereocenters. The molecule has 17 heavy (non-hydrogen) atoms. The van der Waals surface area contributed by atoms with Crippen molar-refractivity contribution in [1.29, 1.82) is 0 Å². The van der Waals surface area contributed by atoms with Gasteiger partial charge in [0.15, 0.2) is 0 Å². The topological polar surface area (TPSA) is 81.5 Å². The Labute approximate surface area is 101 Å². The molecule has 0 bridgehead atoms. The first-order valence-corrected chi connectivity index (χ1v) is 6.29. The largest absolute Gasteiger partial charge is 0.393 e. The molecule has 96 valence electrons. The fourth-order valence-electron chi connectivity index (χ4n) is 2.77. The molecule has 2 heterocycles. The van der Waals surface area contributed by atoms with Crippen LogP contribution in [-0.4, -0.2) is 54.5 Å². The number of rotatable bonds is 3. The average molecular weight is 240 g/mol. The van der Waals surface area contributed by atoms with Crippen molar-refractivity contribution >= 4 is 0 Å². The fraction of sp³-hybridized carbons (Fsp3) is 1.00. The highest BCUT2D eigenvalue weighted by Gasteiger charge is 2.39. The molecular formula is C11H20N4O2. The van der Waals surface area contributed by atoms with Crippen molar-refractivity contribution in [1.82, 2.24) is 4.90 Å². The van der Waals surface area contributed by atoms with Crippen LogP contribution in [0, 0.1) is 0 Å². The highest BCUT2D eigenvalue weighted by Crippen LogP contribution is 2.34. The summed E-state index contributed by atoms with van der Waals surface area (Å²) in [4.78, 5) is 5.05. The predicted octanol–water partition coefficient (Wildman–Crippen LogP) is 1.30. The summed E-state index contributed by atoms with van der Waals surface area (Å²) in [5, 5.41) is 13.3. The average Bonchev–Trinajstić information content (AvgIpc) is 2.32. The van der Waals surface area contributed by atoms with Crippen molar-refractivity contribution in [3.63, 3.8) is 0 Å². The SMILES string of the molecule is [N-]=[N+]=NCCN1CCC2(CC1)CC(O)CCO2. The summed E-state index contributed by atoms with van der Waals surface area (Å²) in [6.07, 6.45) is 3.29. The third-order valence-corrected chi connectivity index (χ3v) is 3.81. The van der Waals surface area contributed by atoms with Crippen molar-refractivity contribution in [2.45, 2.75) is 37.4 Å². The molecule has 0 aliphatic carbocycles. The zero-order valence-electron chi connectivity index (χ0n) is 10.1. The molecular weight excluding hydrogens is 220 g/mol. The molecule has 1 spiro atoms. The lowest BCUT2D eigenvalue weighted by molar-refractivity contribution is -0.142. The first kappa shape index (κ1) is 12.6. The second-order valence-corrected chi connectivity index (χ2v) is 4.97. The first-order chi connectivity index (χ1) is 8.24. The molecule has 6 nitrogen and oxygen atoms in total. The van der Waals surface area contributed by atoms with Crippen LogP contribution in [0.2, 0.25) is 0 Å². The second kappa shape index (κ2) is 5.69. The van der Waals surface area contributed by atoms with Crippen molar-refractivity contribution in [3.05, 3.63) is 10.4 Å². The molecule has 2 aliphatic heterocycles. The summed E-state index contributed by atoms with van der Waals surface area (Å²) < 4.78 is 5.88. The van der Waals surface area contributed by atoms with Crippen molar-refractivity contribution < 1.29 is 9.84 Å². The summed E-state index contributed by atoms with van der Waals surface area (Å²) in [6.45, 7) is 3.97. The standard InChI is InChI=1S/C11H20N4O2/c12-14-13-4-7-15-5-2-11(3-6-15)9-10(16)1-8-17-11/h10,16H,1-9H2. The van der Waals surface area contributed by atoms with Crippen molar-refractivity contribution in [3.8, 4) is 0 Å². The van der Waals surface area contributed by atoms with Crippen LogP contribution in [0.15, 0.2) is 5.11 Å². The van der Waals surface area contributed by atoms with Gasteiger partial charge in [0.25, 0.3) is 0 Å². The number of aliphatic hydroxyl groups excluding tert-OH is 1. The number of hydrogen-bond acceptors (Lipinski definition) is 4. The summed E-state index contributed by atoms with van der Waals surface area (Å²) in [5.41, 5.74) is 8.13. The molecule has 0 aromatic carbocycles. The number of aliphatic hydroxyl groups is 1. The van der Waals surface area contributed by atoms with Gasteiger partial charge in [0.05, 0.1) is 11.7 Å². The van der Waals surface area contributed by atoms with E-state index in [2.05, 4.69) is 14.9 Å². The molecule has 0 radical (unpaired) electrons. The Bertz CT molecular complexity index is 296. The molecule has 2 aliphatic rings. The molecule has 1 unspecified atom stereocenters. The van der Waals surface area contributed by atoms with Gasteiger partial charge >= 0.3 is 0 Å². The molecule has 1 N–H and O–H groups in total. The minimum atomic E-state index is -0.196. The zero-order chi connectivity index (χ0) is 12.1. The molecule has 2 rings (SSSR count). The van der Waals surface area contributed by atoms with Crippen LogP contribution in [0.1, 0.15) is 25.7 Å². The highest BCUT2D eigenvalue weighted by atomic mass is 16.5. The monoisotopic (exact) mass is 240 g/mol. The van der Waals surface area contributed by atoms with E-state index in [9.17, 15) is 5.11 Å². The van der Waals surface area contributed by atoms with Crippen LogP contribution in [0.4, 0.5) is 0 Å². The van der Waals surface area contributed by atoms with Crippen LogP contribution in [0.5, 0.6) is 0 Å². The minimum Gasteiger partial charge on any atom is -0.393 e. The Morgan fingerprint density at radius 2 is 2.24 bits per heavy atom. The molecule has 0 aromatic rings. The van der Waals surface area contributed by atoms with E-state index in [1.807, 2.05) is 0 Å². The zero-order valence-corrected chi connectivity index (χ0v) is 10.1. The smallest absolute Gasteiger partial charge is 0.0731 e. The molecule has 6 heteroatoms. The highest BCUT2D eigenvalue weighted by molar-refractivity contribution is 4.92. The second-order valence-electron chi connectivity index (χ2n) is 4.97. The van der Waals surface area contributed by atoms with E-state index < -0.39 is 0 Å². The fourth-order valence-corrected chi connectivity index (χ4v) is 2.77. The molecule has 0 amide bonds. The van der Waals surface area contributed by atoms with Gasteiger partial charge in [-0.3, -0.25) is 0 Å². The number of azide groups is 1. The van der Waals surface area contributed by atoms with Gasteiger partial charge in [0.1, 0.15) is 0 Å². The van der Waals surface area contributed by atoms with Crippen LogP contribution in [0.25, 0.3) is 10.4 Å². The lowest BCUT2D eigenvalue weighted by atomic mass is 9.83. The third-order valence-electron chi connectivity index (χ3n) is 3.81. The molecule has 0 aromatic heterocycles. The van der Waals surface area contributed by atoms with E-state index in [4.69, 9.17) is 10.3 Å². The Hall–Kier alpha value is -0.810. The van der Waals surface area contributed by atoms with E-state index in [1.165, 1.54) is 0 Å². The number of ether oxygens (including phenoxy) is 1. The summed E-state index contributed by atoms with van der Waals surface area (Å²) in [7, 11) is 0. The van der Waals surface area contributed by atoms with Crippen molar-refractivity contribution in [2.24, 2.45) is 5.11 Å².